The molecule has 0 bridgehead atoms. The van der Waals surface area contributed by atoms with Crippen LogP contribution in [-0.2, 0) is 4.79 Å². The molecule has 0 saturated heterocycles. The molecule has 0 radical (unpaired) electrons. The van der Waals surface area contributed by atoms with Crippen molar-refractivity contribution in [3.05, 3.63) is 64.0 Å². The first-order chi connectivity index (χ1) is 16.4. The molecule has 0 N–H and O–H groups in total. The maximum absolute atomic E-state index is 14.2. The summed E-state index contributed by atoms with van der Waals surface area (Å²) in [6.07, 6.45) is 12.7. The van der Waals surface area contributed by atoms with Crippen molar-refractivity contribution < 1.29 is 9.18 Å². The number of rotatable bonds is 5. The summed E-state index contributed by atoms with van der Waals surface area (Å²) < 4.78 is 14.2. The van der Waals surface area contributed by atoms with Crippen LogP contribution in [0.15, 0.2) is 62.6 Å². The number of carbonyl (C=O) groups excluding carboxylic acids is 1. The molecule has 3 heterocycles. The minimum Gasteiger partial charge on any atom is -0.302 e. The minimum absolute atomic E-state index is 0.0236. The van der Waals surface area contributed by atoms with E-state index in [0.717, 1.165) is 37.0 Å². The molecule has 4 aliphatic rings. The van der Waals surface area contributed by atoms with E-state index < -0.39 is 0 Å². The van der Waals surface area contributed by atoms with Crippen LogP contribution in [0.2, 0.25) is 0 Å². The number of pyridine rings is 1. The van der Waals surface area contributed by atoms with Crippen molar-refractivity contribution in [1.29, 1.82) is 0 Å². The topological polar surface area (TPSA) is 64.4 Å². The standard InChI is InChI=1S/C25H28ClFN6O/c1-31(2)14-22(34)25-19-10-7-17(26)12-21(19)29-13-23-32(25)15-30-33(23)18-8-5-16(6-9-18)24-20(27)4-3-11-28-24/h3-4,7,11-13,15-16,18,23H,5-6,8-10,14H2,1-2H3. The van der Waals surface area contributed by atoms with Gasteiger partial charge in [-0.25, -0.2) is 4.39 Å². The molecule has 1 atom stereocenters. The van der Waals surface area contributed by atoms with Gasteiger partial charge in [0.2, 0.25) is 0 Å². The second kappa shape index (κ2) is 9.43. The van der Waals surface area contributed by atoms with Crippen molar-refractivity contribution >= 4 is 29.9 Å². The van der Waals surface area contributed by atoms with Crippen molar-refractivity contribution in [2.24, 2.45) is 10.1 Å². The molecule has 0 amide bonds. The molecule has 1 unspecified atom stereocenters. The maximum atomic E-state index is 14.2. The van der Waals surface area contributed by atoms with Gasteiger partial charge in [0.25, 0.3) is 0 Å². The molecular weight excluding hydrogens is 455 g/mol. The van der Waals surface area contributed by atoms with Crippen LogP contribution in [0.3, 0.4) is 0 Å². The number of halogens is 2. The molecule has 178 valence electrons. The van der Waals surface area contributed by atoms with Gasteiger partial charge in [0.05, 0.1) is 23.6 Å². The Hall–Kier alpha value is -2.84. The van der Waals surface area contributed by atoms with Gasteiger partial charge in [0.1, 0.15) is 12.2 Å². The number of aliphatic imine (C=N–C) groups is 1. The Morgan fingerprint density at radius 3 is 2.79 bits per heavy atom. The number of allylic oxidation sites excluding steroid dienone is 4. The van der Waals surface area contributed by atoms with Gasteiger partial charge in [-0.1, -0.05) is 17.7 Å². The predicted octanol–water partition coefficient (Wildman–Crippen LogP) is 4.01. The lowest BCUT2D eigenvalue weighted by Gasteiger charge is -2.37. The molecule has 1 saturated carbocycles. The van der Waals surface area contributed by atoms with E-state index in [0.29, 0.717) is 29.4 Å². The first kappa shape index (κ1) is 22.9. The maximum Gasteiger partial charge on any atom is 0.193 e. The largest absolute Gasteiger partial charge is 0.302 e. The zero-order valence-electron chi connectivity index (χ0n) is 19.4. The number of ketones is 1. The summed E-state index contributed by atoms with van der Waals surface area (Å²) in [6, 6.07) is 3.28. The van der Waals surface area contributed by atoms with E-state index in [4.69, 9.17) is 21.7 Å². The van der Waals surface area contributed by atoms with Gasteiger partial charge in [-0.05, 0) is 64.4 Å². The van der Waals surface area contributed by atoms with Crippen molar-refractivity contribution in [2.45, 2.75) is 50.2 Å². The van der Waals surface area contributed by atoms with Gasteiger partial charge in [0, 0.05) is 35.0 Å². The van der Waals surface area contributed by atoms with Crippen LogP contribution in [-0.4, -0.2) is 71.0 Å². The lowest BCUT2D eigenvalue weighted by Crippen LogP contribution is -2.47. The number of Topliss-reactive ketones (excluding diaryl/α,β-unsaturated/α-hetero) is 1. The second-order valence-electron chi connectivity index (χ2n) is 9.40. The Morgan fingerprint density at radius 2 is 2.06 bits per heavy atom. The summed E-state index contributed by atoms with van der Waals surface area (Å²) >= 11 is 6.26. The Labute approximate surface area is 204 Å². The van der Waals surface area contributed by atoms with E-state index in [2.05, 4.69) is 4.98 Å². The molecule has 1 aromatic heterocycles. The number of hydrogen-bond donors (Lipinski definition) is 0. The lowest BCUT2D eigenvalue weighted by molar-refractivity contribution is -0.117. The van der Waals surface area contributed by atoms with Gasteiger partial charge >= 0.3 is 0 Å². The van der Waals surface area contributed by atoms with Crippen LogP contribution < -0.4 is 0 Å². The summed E-state index contributed by atoms with van der Waals surface area (Å²) in [4.78, 5) is 26.2. The molecule has 0 aromatic carbocycles. The van der Waals surface area contributed by atoms with Crippen LogP contribution in [0.25, 0.3) is 0 Å². The average Bonchev–Trinajstić information content (AvgIpc) is 3.15. The number of fused-ring (bicyclic) bond motifs is 2. The van der Waals surface area contributed by atoms with Crippen LogP contribution in [0.4, 0.5) is 4.39 Å². The highest BCUT2D eigenvalue weighted by atomic mass is 35.5. The molecule has 5 rings (SSSR count). The minimum atomic E-state index is -0.285. The zero-order valence-corrected chi connectivity index (χ0v) is 20.1. The predicted molar refractivity (Wildman–Crippen MR) is 131 cm³/mol. The van der Waals surface area contributed by atoms with Crippen molar-refractivity contribution in [2.75, 3.05) is 20.6 Å². The Balaban J connectivity index is 1.39. The molecule has 34 heavy (non-hydrogen) atoms. The second-order valence-corrected chi connectivity index (χ2v) is 9.83. The quantitative estimate of drug-likeness (QED) is 0.634. The highest BCUT2D eigenvalue weighted by Crippen LogP contribution is 2.39. The third-order valence-corrected chi connectivity index (χ3v) is 7.07. The third kappa shape index (κ3) is 4.32. The van der Waals surface area contributed by atoms with E-state index in [1.54, 1.807) is 18.6 Å². The zero-order chi connectivity index (χ0) is 23.8. The Bertz CT molecular complexity index is 1130. The van der Waals surface area contributed by atoms with Gasteiger partial charge in [-0.3, -0.25) is 24.7 Å². The highest BCUT2D eigenvalue weighted by Gasteiger charge is 2.40. The first-order valence-electron chi connectivity index (χ1n) is 11.7. The van der Waals surface area contributed by atoms with Gasteiger partial charge in [-0.15, -0.1) is 0 Å². The number of carbonyl (C=O) groups is 1. The van der Waals surface area contributed by atoms with Crippen molar-refractivity contribution in [3.63, 3.8) is 0 Å². The summed E-state index contributed by atoms with van der Waals surface area (Å²) in [6.45, 7) is 0.293. The van der Waals surface area contributed by atoms with E-state index in [1.807, 2.05) is 47.3 Å². The fourth-order valence-corrected chi connectivity index (χ4v) is 5.40. The summed E-state index contributed by atoms with van der Waals surface area (Å²) in [5.74, 6) is -0.0926. The smallest absolute Gasteiger partial charge is 0.193 e. The van der Waals surface area contributed by atoms with Crippen LogP contribution in [0.1, 0.15) is 43.7 Å². The molecule has 1 fully saturated rings. The highest BCUT2D eigenvalue weighted by molar-refractivity contribution is 6.31. The molecule has 2 aliphatic heterocycles. The normalized spacial score (nSPS) is 26.3. The monoisotopic (exact) mass is 482 g/mol. The van der Waals surface area contributed by atoms with E-state index >= 15 is 0 Å². The van der Waals surface area contributed by atoms with Gasteiger partial charge in [0.15, 0.2) is 11.9 Å². The Kier molecular flexibility index (Phi) is 6.36. The lowest BCUT2D eigenvalue weighted by atomic mass is 9.83. The SMILES string of the molecule is CN(C)CC(=O)C1=C2CC=C(Cl)C=C2N=CC2N1C=NN2C1CCC(c2ncccc2F)CC1. The number of nitrogens with zero attached hydrogens (tertiary/aromatic N) is 6. The molecule has 0 spiro atoms. The van der Waals surface area contributed by atoms with Crippen LogP contribution in [0, 0.1) is 5.82 Å². The summed E-state index contributed by atoms with van der Waals surface area (Å²) in [5, 5.41) is 7.39. The van der Waals surface area contributed by atoms with Crippen LogP contribution in [0.5, 0.6) is 0 Å². The van der Waals surface area contributed by atoms with Crippen molar-refractivity contribution in [1.82, 2.24) is 19.8 Å². The van der Waals surface area contributed by atoms with Gasteiger partial charge in [-0.2, -0.15) is 5.10 Å². The number of likely N-dealkylation sites (N-methyl/N-ethyl adjacent to an activating group) is 1. The third-order valence-electron chi connectivity index (χ3n) is 6.81. The summed E-state index contributed by atoms with van der Waals surface area (Å²) in [5.41, 5.74) is 2.79. The Morgan fingerprint density at radius 1 is 1.26 bits per heavy atom. The average molecular weight is 483 g/mol. The molecule has 7 nitrogen and oxygen atoms in total. The van der Waals surface area contributed by atoms with E-state index in [-0.39, 0.29) is 29.7 Å². The number of hydrogen-bond acceptors (Lipinski definition) is 7. The molecule has 2 aliphatic carbocycles. The number of hydrazone groups is 1. The first-order valence-corrected chi connectivity index (χ1v) is 12.0. The number of aromatic nitrogens is 1. The summed E-state index contributed by atoms with van der Waals surface area (Å²) in [7, 11) is 3.77. The molecule has 1 aromatic rings. The van der Waals surface area contributed by atoms with Crippen molar-refractivity contribution in [3.8, 4) is 0 Å². The molecular formula is C25H28ClFN6O. The van der Waals surface area contributed by atoms with E-state index in [9.17, 15) is 9.18 Å². The van der Waals surface area contributed by atoms with Crippen LogP contribution >= 0.6 is 11.6 Å². The fourth-order valence-electron chi connectivity index (χ4n) is 5.22. The fraction of sp³-hybridized carbons (Fsp3) is 0.440. The molecule has 9 heteroatoms. The van der Waals surface area contributed by atoms with E-state index in [1.165, 1.54) is 6.07 Å². The van der Waals surface area contributed by atoms with Gasteiger partial charge < -0.3 is 4.90 Å².